The van der Waals surface area contributed by atoms with E-state index >= 15 is 0 Å². The number of ether oxygens (including phenoxy) is 1. The maximum atomic E-state index is 13.7. The molecule has 0 spiro atoms. The number of hydrogen-bond donors (Lipinski definition) is 1. The number of anilines is 1. The Kier molecular flexibility index (Phi) is 9.75. The summed E-state index contributed by atoms with van der Waals surface area (Å²) >= 11 is 0. The highest BCUT2D eigenvalue weighted by molar-refractivity contribution is 7.92. The first-order valence-electron chi connectivity index (χ1n) is 12.5. The molecule has 0 aromatic heterocycles. The standard InChI is InChI=1S/C27H37N3O5S/c1-4-25(27(32)28-22-14-9-6-10-15-22)29(19-21-12-7-5-8-13-21)26(31)20-30(36(3,33)34)23-16-11-17-24(18-23)35-2/h5,7-8,11-13,16-18,22,25H,4,6,9-10,14-15,19-20H2,1-3H3,(H,28,32). The van der Waals surface area contributed by atoms with E-state index in [-0.39, 0.29) is 18.5 Å². The molecule has 8 nitrogen and oxygen atoms in total. The molecule has 2 aromatic carbocycles. The molecule has 1 unspecified atom stereocenters. The summed E-state index contributed by atoms with van der Waals surface area (Å²) in [6.07, 6.45) is 6.69. The van der Waals surface area contributed by atoms with Gasteiger partial charge in [-0.05, 0) is 37.0 Å². The van der Waals surface area contributed by atoms with Crippen molar-refractivity contribution in [3.05, 3.63) is 60.2 Å². The van der Waals surface area contributed by atoms with Gasteiger partial charge in [-0.1, -0.05) is 62.6 Å². The van der Waals surface area contributed by atoms with Crippen LogP contribution in [0.2, 0.25) is 0 Å². The first kappa shape index (κ1) is 27.5. The lowest BCUT2D eigenvalue weighted by atomic mass is 9.95. The Hall–Kier alpha value is -3.07. The van der Waals surface area contributed by atoms with Gasteiger partial charge in [0.2, 0.25) is 21.8 Å². The number of nitrogens with one attached hydrogen (secondary N) is 1. The third-order valence-electron chi connectivity index (χ3n) is 6.55. The van der Waals surface area contributed by atoms with E-state index in [9.17, 15) is 18.0 Å². The van der Waals surface area contributed by atoms with Gasteiger partial charge in [-0.3, -0.25) is 13.9 Å². The van der Waals surface area contributed by atoms with Crippen LogP contribution in [0.15, 0.2) is 54.6 Å². The molecule has 2 amide bonds. The van der Waals surface area contributed by atoms with Crippen molar-refractivity contribution in [3.63, 3.8) is 0 Å². The first-order valence-corrected chi connectivity index (χ1v) is 14.3. The average molecular weight is 516 g/mol. The summed E-state index contributed by atoms with van der Waals surface area (Å²) < 4.78 is 31.7. The summed E-state index contributed by atoms with van der Waals surface area (Å²) in [5, 5.41) is 3.14. The molecule has 0 bridgehead atoms. The zero-order valence-corrected chi connectivity index (χ0v) is 22.2. The smallest absolute Gasteiger partial charge is 0.244 e. The van der Waals surface area contributed by atoms with E-state index in [4.69, 9.17) is 4.74 Å². The molecule has 36 heavy (non-hydrogen) atoms. The van der Waals surface area contributed by atoms with E-state index in [1.165, 1.54) is 18.4 Å². The molecule has 0 heterocycles. The summed E-state index contributed by atoms with van der Waals surface area (Å²) in [5.74, 6) is -0.160. The molecule has 1 saturated carbocycles. The van der Waals surface area contributed by atoms with Gasteiger partial charge in [-0.15, -0.1) is 0 Å². The van der Waals surface area contributed by atoms with Crippen LogP contribution in [0.1, 0.15) is 51.0 Å². The second-order valence-corrected chi connectivity index (χ2v) is 11.2. The van der Waals surface area contributed by atoms with Gasteiger partial charge < -0.3 is 15.0 Å². The van der Waals surface area contributed by atoms with Crippen molar-refractivity contribution in [2.75, 3.05) is 24.2 Å². The first-order chi connectivity index (χ1) is 17.2. The van der Waals surface area contributed by atoms with Crippen molar-refractivity contribution in [1.82, 2.24) is 10.2 Å². The van der Waals surface area contributed by atoms with Gasteiger partial charge in [0.05, 0.1) is 19.1 Å². The van der Waals surface area contributed by atoms with Gasteiger partial charge in [-0.25, -0.2) is 8.42 Å². The predicted molar refractivity (Wildman–Crippen MR) is 141 cm³/mol. The molecule has 1 fully saturated rings. The molecule has 2 aromatic rings. The minimum atomic E-state index is -3.79. The molecular formula is C27H37N3O5S. The third kappa shape index (κ3) is 7.46. The second-order valence-electron chi connectivity index (χ2n) is 9.25. The molecule has 0 saturated heterocycles. The van der Waals surface area contributed by atoms with Crippen LogP contribution >= 0.6 is 0 Å². The van der Waals surface area contributed by atoms with E-state index < -0.39 is 28.5 Å². The summed E-state index contributed by atoms with van der Waals surface area (Å²) in [6, 6.07) is 15.4. The van der Waals surface area contributed by atoms with Crippen molar-refractivity contribution in [2.45, 2.75) is 64.1 Å². The van der Waals surface area contributed by atoms with Crippen molar-refractivity contribution in [1.29, 1.82) is 0 Å². The number of carbonyl (C=O) groups is 2. The van der Waals surface area contributed by atoms with E-state index in [0.717, 1.165) is 41.8 Å². The molecule has 196 valence electrons. The quantitative estimate of drug-likeness (QED) is 0.492. The summed E-state index contributed by atoms with van der Waals surface area (Å²) in [5.41, 5.74) is 1.19. The molecule has 0 aliphatic heterocycles. The Balaban J connectivity index is 1.89. The molecule has 3 rings (SSSR count). The van der Waals surface area contributed by atoms with Crippen LogP contribution in [-0.2, 0) is 26.2 Å². The summed E-state index contributed by atoms with van der Waals surface area (Å²) in [6.45, 7) is 1.64. The van der Waals surface area contributed by atoms with Gasteiger partial charge in [0, 0.05) is 18.7 Å². The van der Waals surface area contributed by atoms with Gasteiger partial charge in [0.15, 0.2) is 0 Å². The molecule has 1 atom stereocenters. The normalized spacial score (nSPS) is 15.1. The summed E-state index contributed by atoms with van der Waals surface area (Å²) in [4.78, 5) is 28.6. The fourth-order valence-electron chi connectivity index (χ4n) is 4.62. The van der Waals surface area contributed by atoms with Crippen molar-refractivity contribution in [2.24, 2.45) is 0 Å². The Morgan fingerprint density at radius 1 is 1.06 bits per heavy atom. The number of methoxy groups -OCH3 is 1. The maximum Gasteiger partial charge on any atom is 0.244 e. The molecule has 1 aliphatic carbocycles. The van der Waals surface area contributed by atoms with Gasteiger partial charge in [0.1, 0.15) is 18.3 Å². The number of carbonyl (C=O) groups excluding carboxylic acids is 2. The van der Waals surface area contributed by atoms with Crippen LogP contribution in [0.25, 0.3) is 0 Å². The number of hydrogen-bond acceptors (Lipinski definition) is 5. The predicted octanol–water partition coefficient (Wildman–Crippen LogP) is 3.72. The van der Waals surface area contributed by atoms with E-state index in [1.54, 1.807) is 24.3 Å². The van der Waals surface area contributed by atoms with Crippen LogP contribution < -0.4 is 14.4 Å². The zero-order valence-electron chi connectivity index (χ0n) is 21.4. The highest BCUT2D eigenvalue weighted by Gasteiger charge is 2.32. The number of benzene rings is 2. The Morgan fingerprint density at radius 2 is 1.75 bits per heavy atom. The van der Waals surface area contributed by atoms with Crippen LogP contribution in [0.3, 0.4) is 0 Å². The van der Waals surface area contributed by atoms with Crippen LogP contribution in [-0.4, -0.2) is 57.1 Å². The monoisotopic (exact) mass is 515 g/mol. The fraction of sp³-hybridized carbons (Fsp3) is 0.481. The third-order valence-corrected chi connectivity index (χ3v) is 7.69. The van der Waals surface area contributed by atoms with E-state index in [1.807, 2.05) is 37.3 Å². The lowest BCUT2D eigenvalue weighted by Crippen LogP contribution is -2.53. The lowest BCUT2D eigenvalue weighted by molar-refractivity contribution is -0.140. The van der Waals surface area contributed by atoms with Crippen molar-refractivity contribution >= 4 is 27.5 Å². The zero-order chi connectivity index (χ0) is 26.1. The van der Waals surface area contributed by atoms with Crippen LogP contribution in [0.4, 0.5) is 5.69 Å². The highest BCUT2D eigenvalue weighted by Crippen LogP contribution is 2.24. The number of sulfonamides is 1. The minimum Gasteiger partial charge on any atom is -0.497 e. The summed E-state index contributed by atoms with van der Waals surface area (Å²) in [7, 11) is -2.30. The Labute approximate surface area is 214 Å². The second kappa shape index (κ2) is 12.8. The van der Waals surface area contributed by atoms with Gasteiger partial charge in [-0.2, -0.15) is 0 Å². The lowest BCUT2D eigenvalue weighted by Gasteiger charge is -2.34. The minimum absolute atomic E-state index is 0.110. The van der Waals surface area contributed by atoms with Crippen LogP contribution in [0, 0.1) is 0 Å². The highest BCUT2D eigenvalue weighted by atomic mass is 32.2. The van der Waals surface area contributed by atoms with Crippen molar-refractivity contribution < 1.29 is 22.7 Å². The SMILES string of the molecule is CCC(C(=O)NC1CCCCC1)N(Cc1ccccc1)C(=O)CN(c1cccc(OC)c1)S(C)(=O)=O. The van der Waals surface area contributed by atoms with E-state index in [2.05, 4.69) is 5.32 Å². The molecular weight excluding hydrogens is 478 g/mol. The number of nitrogens with zero attached hydrogens (tertiary/aromatic N) is 2. The van der Waals surface area contributed by atoms with E-state index in [0.29, 0.717) is 17.9 Å². The maximum absolute atomic E-state index is 13.7. The molecule has 1 N–H and O–H groups in total. The van der Waals surface area contributed by atoms with Gasteiger partial charge in [0.25, 0.3) is 0 Å². The van der Waals surface area contributed by atoms with Gasteiger partial charge >= 0.3 is 0 Å². The number of rotatable bonds is 11. The largest absolute Gasteiger partial charge is 0.497 e. The fourth-order valence-corrected chi connectivity index (χ4v) is 5.46. The molecule has 9 heteroatoms. The van der Waals surface area contributed by atoms with Crippen molar-refractivity contribution in [3.8, 4) is 5.75 Å². The average Bonchev–Trinajstić information content (AvgIpc) is 2.87. The molecule has 1 aliphatic rings. The van der Waals surface area contributed by atoms with Crippen LogP contribution in [0.5, 0.6) is 5.75 Å². The number of amides is 2. The Bertz CT molecular complexity index is 1120. The molecule has 0 radical (unpaired) electrons. The topological polar surface area (TPSA) is 96.0 Å². The Morgan fingerprint density at radius 3 is 2.36 bits per heavy atom.